The first-order chi connectivity index (χ1) is 14.1. The number of nitrogens with zero attached hydrogens (tertiary/aromatic N) is 2. The van der Waals surface area contributed by atoms with Gasteiger partial charge >= 0.3 is 0 Å². The van der Waals surface area contributed by atoms with E-state index in [0.717, 1.165) is 0 Å². The van der Waals surface area contributed by atoms with E-state index in [1.54, 1.807) is 12.3 Å². The fourth-order valence-corrected chi connectivity index (χ4v) is 3.99. The first-order valence-corrected chi connectivity index (χ1v) is 9.82. The molecule has 4 rings (SSSR count). The summed E-state index contributed by atoms with van der Waals surface area (Å²) < 4.78 is 5.83. The third-order valence-electron chi connectivity index (χ3n) is 5.57. The monoisotopic (exact) mass is 394 g/mol. The molecule has 0 aliphatic carbocycles. The number of ether oxygens (including phenoxy) is 1. The Labute approximate surface area is 169 Å². The Morgan fingerprint density at radius 2 is 2.14 bits per heavy atom. The fourth-order valence-electron chi connectivity index (χ4n) is 3.99. The molecule has 0 saturated carbocycles. The molecular formula is C22H26N4O3. The van der Waals surface area contributed by atoms with Crippen LogP contribution in [0.3, 0.4) is 0 Å². The van der Waals surface area contributed by atoms with Gasteiger partial charge in [0.1, 0.15) is 5.52 Å². The first kappa shape index (κ1) is 19.6. The van der Waals surface area contributed by atoms with Gasteiger partial charge in [0.25, 0.3) is 5.56 Å². The summed E-state index contributed by atoms with van der Waals surface area (Å²) >= 11 is 0. The van der Waals surface area contributed by atoms with Gasteiger partial charge in [0.2, 0.25) is 0 Å². The van der Waals surface area contributed by atoms with Gasteiger partial charge in [-0.2, -0.15) is 0 Å². The van der Waals surface area contributed by atoms with Crippen LogP contribution in [0.15, 0.2) is 59.5 Å². The molecular weight excluding hydrogens is 368 g/mol. The molecule has 7 nitrogen and oxygen atoms in total. The molecule has 2 aromatic heterocycles. The quantitative estimate of drug-likeness (QED) is 0.592. The van der Waals surface area contributed by atoms with Crippen molar-refractivity contribution in [3.05, 3.63) is 70.6 Å². The molecule has 1 aliphatic heterocycles. The van der Waals surface area contributed by atoms with Crippen LogP contribution in [0, 0.1) is 0 Å². The van der Waals surface area contributed by atoms with Crippen molar-refractivity contribution in [1.29, 1.82) is 0 Å². The number of aromatic nitrogens is 2. The summed E-state index contributed by atoms with van der Waals surface area (Å²) in [7, 11) is 0. The Morgan fingerprint density at radius 1 is 1.31 bits per heavy atom. The van der Waals surface area contributed by atoms with Crippen LogP contribution in [0.5, 0.6) is 0 Å². The van der Waals surface area contributed by atoms with Gasteiger partial charge < -0.3 is 20.1 Å². The Kier molecular flexibility index (Phi) is 5.62. The molecule has 0 amide bonds. The van der Waals surface area contributed by atoms with E-state index in [0.29, 0.717) is 43.0 Å². The highest BCUT2D eigenvalue weighted by molar-refractivity contribution is 5.86. The van der Waals surface area contributed by atoms with Gasteiger partial charge in [0.05, 0.1) is 36.6 Å². The summed E-state index contributed by atoms with van der Waals surface area (Å²) in [5, 5.41) is 13.8. The van der Waals surface area contributed by atoms with E-state index in [4.69, 9.17) is 4.74 Å². The lowest BCUT2D eigenvalue weighted by Crippen LogP contribution is -2.65. The minimum atomic E-state index is -0.614. The molecule has 1 aromatic carbocycles. The number of aromatic amines is 1. The molecule has 0 bridgehead atoms. The smallest absolute Gasteiger partial charge is 0.250 e. The summed E-state index contributed by atoms with van der Waals surface area (Å²) in [5.74, 6) is 0. The highest BCUT2D eigenvalue weighted by Crippen LogP contribution is 2.28. The van der Waals surface area contributed by atoms with E-state index in [9.17, 15) is 9.90 Å². The van der Waals surface area contributed by atoms with Crippen LogP contribution >= 0.6 is 0 Å². The SMILES string of the molecule is C[C@@H]1COC[C@@](CO)(CNc2cc(=O)[nH]c3cccnc23)N1Cc1ccccc1. The number of hydrogen-bond donors (Lipinski definition) is 3. The summed E-state index contributed by atoms with van der Waals surface area (Å²) in [6, 6.07) is 15.5. The van der Waals surface area contributed by atoms with Crippen molar-refractivity contribution in [1.82, 2.24) is 14.9 Å². The summed E-state index contributed by atoms with van der Waals surface area (Å²) in [6.07, 6.45) is 1.70. The van der Waals surface area contributed by atoms with Crippen molar-refractivity contribution in [2.24, 2.45) is 0 Å². The number of H-pyrrole nitrogens is 1. The lowest BCUT2D eigenvalue weighted by molar-refractivity contribution is -0.117. The molecule has 3 N–H and O–H groups in total. The minimum Gasteiger partial charge on any atom is -0.394 e. The lowest BCUT2D eigenvalue weighted by Gasteiger charge is -2.49. The zero-order valence-electron chi connectivity index (χ0n) is 16.5. The molecule has 1 aliphatic rings. The number of anilines is 1. The molecule has 29 heavy (non-hydrogen) atoms. The number of morpholine rings is 1. The third kappa shape index (κ3) is 4.03. The van der Waals surface area contributed by atoms with Crippen molar-refractivity contribution in [2.75, 3.05) is 31.7 Å². The maximum absolute atomic E-state index is 12.1. The van der Waals surface area contributed by atoms with Gasteiger partial charge in [-0.25, -0.2) is 0 Å². The second kappa shape index (κ2) is 8.32. The molecule has 0 spiro atoms. The van der Waals surface area contributed by atoms with Crippen LogP contribution in [0.2, 0.25) is 0 Å². The maximum atomic E-state index is 12.1. The highest BCUT2D eigenvalue weighted by Gasteiger charge is 2.42. The van der Waals surface area contributed by atoms with Crippen molar-refractivity contribution in [3.63, 3.8) is 0 Å². The van der Waals surface area contributed by atoms with Crippen molar-refractivity contribution >= 4 is 16.7 Å². The first-order valence-electron chi connectivity index (χ1n) is 9.82. The van der Waals surface area contributed by atoms with Gasteiger partial charge in [-0.3, -0.25) is 14.7 Å². The zero-order chi connectivity index (χ0) is 20.3. The number of aliphatic hydroxyl groups excluding tert-OH is 1. The predicted molar refractivity (Wildman–Crippen MR) is 113 cm³/mol. The lowest BCUT2D eigenvalue weighted by atomic mass is 9.93. The van der Waals surface area contributed by atoms with E-state index in [1.165, 1.54) is 11.6 Å². The van der Waals surface area contributed by atoms with Gasteiger partial charge in [0.15, 0.2) is 0 Å². The van der Waals surface area contributed by atoms with Gasteiger partial charge in [0, 0.05) is 31.4 Å². The number of pyridine rings is 2. The van der Waals surface area contributed by atoms with Crippen molar-refractivity contribution in [3.8, 4) is 0 Å². The molecule has 7 heteroatoms. The second-order valence-electron chi connectivity index (χ2n) is 7.66. The number of nitrogens with one attached hydrogen (secondary N) is 2. The number of hydrogen-bond acceptors (Lipinski definition) is 6. The summed E-state index contributed by atoms with van der Waals surface area (Å²) in [5.41, 5.74) is 2.39. The summed E-state index contributed by atoms with van der Waals surface area (Å²) in [4.78, 5) is 21.5. The van der Waals surface area contributed by atoms with Crippen LogP contribution < -0.4 is 10.9 Å². The molecule has 152 valence electrons. The Hall–Kier alpha value is -2.74. The zero-order valence-corrected chi connectivity index (χ0v) is 16.5. The molecule has 0 unspecified atom stereocenters. The molecule has 1 fully saturated rings. The normalized spacial score (nSPS) is 22.6. The van der Waals surface area contributed by atoms with Crippen LogP contribution in [0.1, 0.15) is 12.5 Å². The minimum absolute atomic E-state index is 0.0638. The van der Waals surface area contributed by atoms with E-state index in [-0.39, 0.29) is 18.2 Å². The van der Waals surface area contributed by atoms with Gasteiger partial charge in [-0.05, 0) is 24.6 Å². The Bertz CT molecular complexity index is 1020. The second-order valence-corrected chi connectivity index (χ2v) is 7.66. The standard InChI is InChI=1S/C22H26N4O3/c1-16-12-29-15-22(14-27,26(16)11-17-6-3-2-4-7-17)13-24-19-10-20(28)25-18-8-5-9-23-21(18)19/h2-10,16,27H,11-15H2,1H3,(H2,24,25,28)/t16-,22+/m1/s1. The molecule has 1 saturated heterocycles. The molecule has 3 aromatic rings. The number of benzene rings is 1. The fraction of sp³-hybridized carbons (Fsp3) is 0.364. The average Bonchev–Trinajstić information content (AvgIpc) is 2.75. The Balaban J connectivity index is 1.63. The Morgan fingerprint density at radius 3 is 2.93 bits per heavy atom. The van der Waals surface area contributed by atoms with Crippen molar-refractivity contribution < 1.29 is 9.84 Å². The van der Waals surface area contributed by atoms with E-state index in [1.807, 2.05) is 24.3 Å². The van der Waals surface area contributed by atoms with Crippen LogP contribution in [0.25, 0.3) is 11.0 Å². The number of rotatable bonds is 6. The summed E-state index contributed by atoms with van der Waals surface area (Å²) in [6.45, 7) is 4.20. The highest BCUT2D eigenvalue weighted by atomic mass is 16.5. The van der Waals surface area contributed by atoms with Crippen LogP contribution in [-0.2, 0) is 11.3 Å². The third-order valence-corrected chi connectivity index (χ3v) is 5.57. The van der Waals surface area contributed by atoms with Gasteiger partial charge in [-0.15, -0.1) is 0 Å². The molecule has 2 atom stereocenters. The number of aliphatic hydroxyl groups is 1. The largest absolute Gasteiger partial charge is 0.394 e. The predicted octanol–water partition coefficient (Wildman–Crippen LogP) is 1.99. The van der Waals surface area contributed by atoms with E-state index < -0.39 is 5.54 Å². The molecule has 0 radical (unpaired) electrons. The van der Waals surface area contributed by atoms with E-state index >= 15 is 0 Å². The van der Waals surface area contributed by atoms with Gasteiger partial charge in [-0.1, -0.05) is 30.3 Å². The van der Waals surface area contributed by atoms with Crippen molar-refractivity contribution in [2.45, 2.75) is 25.0 Å². The topological polar surface area (TPSA) is 90.5 Å². The average molecular weight is 394 g/mol. The van der Waals surface area contributed by atoms with Crippen LogP contribution in [0.4, 0.5) is 5.69 Å². The number of fused-ring (bicyclic) bond motifs is 1. The van der Waals surface area contributed by atoms with Crippen LogP contribution in [-0.4, -0.2) is 57.9 Å². The maximum Gasteiger partial charge on any atom is 0.250 e. The van der Waals surface area contributed by atoms with E-state index in [2.05, 4.69) is 39.2 Å². The molecule has 3 heterocycles.